The van der Waals surface area contributed by atoms with Crippen LogP contribution in [0.2, 0.25) is 0 Å². The molecule has 2 aromatic heterocycles. The Hall–Kier alpha value is -3.15. The standard InChI is InChI=1S/C22H25N5O8P2.ClH/c1-22(37(33,34)35)13-5-3-7-17(36(30,31)32)19(13)15(25-21(29)16-9-12(23)11-27(16)2)10-18(22)26-20(28)14-6-4-8-24-14;/h3-11,18,24H,23H2,1-2H3,(H,25,29)(H,26,28)(H2,30,31,32)(H2,33,34,35);1H. The van der Waals surface area contributed by atoms with E-state index in [0.29, 0.717) is 5.69 Å². The van der Waals surface area contributed by atoms with Gasteiger partial charge in [0.15, 0.2) is 0 Å². The number of carbonyl (C=O) groups excluding carboxylic acids is 2. The summed E-state index contributed by atoms with van der Waals surface area (Å²) in [7, 11) is -8.55. The fourth-order valence-corrected chi connectivity index (χ4v) is 6.20. The molecule has 0 saturated carbocycles. The first-order valence-electron chi connectivity index (χ1n) is 10.8. The number of aromatic amines is 1. The lowest BCUT2D eigenvalue weighted by Crippen LogP contribution is -2.51. The normalized spacial score (nSPS) is 19.1. The average molecular weight is 586 g/mol. The third-order valence-corrected chi connectivity index (χ3v) is 9.08. The predicted molar refractivity (Wildman–Crippen MR) is 142 cm³/mol. The third kappa shape index (κ3) is 5.10. The van der Waals surface area contributed by atoms with E-state index in [1.54, 1.807) is 13.1 Å². The molecular weight excluding hydrogens is 560 g/mol. The number of anilines is 1. The first kappa shape index (κ1) is 29.4. The van der Waals surface area contributed by atoms with Crippen LogP contribution in [-0.4, -0.2) is 47.0 Å². The number of nitrogens with one attached hydrogen (secondary N) is 3. The van der Waals surface area contributed by atoms with E-state index < -0.39 is 43.5 Å². The second kappa shape index (κ2) is 10.2. The van der Waals surface area contributed by atoms with Crippen molar-refractivity contribution in [3.63, 3.8) is 0 Å². The van der Waals surface area contributed by atoms with Crippen LogP contribution >= 0.6 is 27.6 Å². The van der Waals surface area contributed by atoms with Gasteiger partial charge in [-0.05, 0) is 42.8 Å². The lowest BCUT2D eigenvalue weighted by molar-refractivity contribution is 0.0930. The van der Waals surface area contributed by atoms with Crippen molar-refractivity contribution in [1.29, 1.82) is 0 Å². The summed E-state index contributed by atoms with van der Waals surface area (Å²) >= 11 is 0. The monoisotopic (exact) mass is 585 g/mol. The highest BCUT2D eigenvalue weighted by Crippen LogP contribution is 2.62. The number of rotatable bonds is 6. The molecule has 2 heterocycles. The molecule has 4 rings (SSSR count). The maximum atomic E-state index is 13.1. The number of hydrogen-bond donors (Lipinski definition) is 8. The van der Waals surface area contributed by atoms with Gasteiger partial charge in [0.2, 0.25) is 0 Å². The first-order chi connectivity index (χ1) is 17.1. The molecule has 2 amide bonds. The molecule has 2 unspecified atom stereocenters. The summed E-state index contributed by atoms with van der Waals surface area (Å²) in [6.45, 7) is 1.18. The SMILES string of the molecule is Cl.Cn1cc(N)cc1C(=O)NC1=CC(NC(=O)c2ccc[nH]2)C(C)(P(=O)(O)O)c2cccc(P(=O)(O)O)c21. The first-order valence-corrected chi connectivity index (χ1v) is 14.0. The van der Waals surface area contributed by atoms with E-state index >= 15 is 0 Å². The molecule has 0 bridgehead atoms. The molecule has 0 aliphatic heterocycles. The van der Waals surface area contributed by atoms with E-state index in [-0.39, 0.29) is 40.6 Å². The Bertz CT molecular complexity index is 1520. The summed E-state index contributed by atoms with van der Waals surface area (Å²) in [6, 6.07) is 6.65. The summed E-state index contributed by atoms with van der Waals surface area (Å²) < 4.78 is 26.8. The van der Waals surface area contributed by atoms with Gasteiger partial charge in [-0.2, -0.15) is 0 Å². The zero-order valence-corrected chi connectivity index (χ0v) is 22.6. The van der Waals surface area contributed by atoms with Gasteiger partial charge in [0, 0.05) is 30.7 Å². The van der Waals surface area contributed by atoms with Gasteiger partial charge in [0.05, 0.1) is 17.0 Å². The number of nitrogens with two attached hydrogens (primary N) is 1. The van der Waals surface area contributed by atoms with Gasteiger partial charge >= 0.3 is 15.2 Å². The van der Waals surface area contributed by atoms with Gasteiger partial charge in [0.25, 0.3) is 11.8 Å². The van der Waals surface area contributed by atoms with E-state index in [9.17, 15) is 38.3 Å². The van der Waals surface area contributed by atoms with Gasteiger partial charge in [-0.1, -0.05) is 12.1 Å². The molecule has 3 aromatic rings. The van der Waals surface area contributed by atoms with E-state index in [0.717, 1.165) is 6.07 Å². The Balaban J connectivity index is 0.00000400. The number of aromatic nitrogens is 2. The summed E-state index contributed by atoms with van der Waals surface area (Å²) in [5, 5.41) is 2.44. The maximum Gasteiger partial charge on any atom is 0.356 e. The number of benzene rings is 1. The molecule has 2 atom stereocenters. The highest BCUT2D eigenvalue weighted by molar-refractivity contribution is 7.60. The van der Waals surface area contributed by atoms with Crippen LogP contribution in [0.1, 0.15) is 39.0 Å². The van der Waals surface area contributed by atoms with Crippen molar-refractivity contribution < 1.29 is 38.3 Å². The van der Waals surface area contributed by atoms with E-state index in [4.69, 9.17) is 5.73 Å². The van der Waals surface area contributed by atoms with Crippen molar-refractivity contribution in [3.05, 3.63) is 77.4 Å². The summed E-state index contributed by atoms with van der Waals surface area (Å²) in [4.78, 5) is 69.7. The summed E-state index contributed by atoms with van der Waals surface area (Å²) in [5.41, 5.74) is 5.72. The minimum atomic E-state index is -5.13. The van der Waals surface area contributed by atoms with Crippen molar-refractivity contribution in [2.45, 2.75) is 18.1 Å². The second-order valence-corrected chi connectivity index (χ2v) is 12.4. The number of aryl methyl sites for hydroxylation is 1. The molecule has 1 aliphatic rings. The third-order valence-electron chi connectivity index (χ3n) is 6.35. The minimum absolute atomic E-state index is 0. The molecule has 16 heteroatoms. The quantitative estimate of drug-likeness (QED) is 0.194. The average Bonchev–Trinajstić information content (AvgIpc) is 3.44. The molecule has 0 fully saturated rings. The van der Waals surface area contributed by atoms with Crippen molar-refractivity contribution in [2.24, 2.45) is 7.05 Å². The Morgan fingerprint density at radius 3 is 2.32 bits per heavy atom. The molecule has 1 aliphatic carbocycles. The van der Waals surface area contributed by atoms with Crippen molar-refractivity contribution >= 4 is 56.1 Å². The minimum Gasteiger partial charge on any atom is -0.397 e. The van der Waals surface area contributed by atoms with Crippen molar-refractivity contribution in [3.8, 4) is 0 Å². The predicted octanol–water partition coefficient (Wildman–Crippen LogP) is 1.14. The van der Waals surface area contributed by atoms with Crippen LogP contribution in [0.4, 0.5) is 5.69 Å². The van der Waals surface area contributed by atoms with E-state index in [1.165, 1.54) is 54.2 Å². The van der Waals surface area contributed by atoms with E-state index in [2.05, 4.69) is 15.6 Å². The molecule has 0 spiro atoms. The van der Waals surface area contributed by atoms with Gasteiger partial charge in [-0.25, -0.2) is 0 Å². The zero-order chi connectivity index (χ0) is 27.3. The largest absolute Gasteiger partial charge is 0.397 e. The van der Waals surface area contributed by atoms with Crippen LogP contribution in [-0.2, 0) is 21.3 Å². The topological polar surface area (TPSA) is 220 Å². The molecule has 0 radical (unpaired) electrons. The molecule has 13 nitrogen and oxygen atoms in total. The van der Waals surface area contributed by atoms with Crippen molar-refractivity contribution in [1.82, 2.24) is 20.2 Å². The number of amides is 2. The van der Waals surface area contributed by atoms with Gasteiger partial charge < -0.3 is 45.5 Å². The molecular formula is C22H26ClN5O8P2. The zero-order valence-electron chi connectivity index (χ0n) is 20.0. The number of halogens is 1. The Labute approximate surface area is 222 Å². The molecule has 9 N–H and O–H groups in total. The number of hydrogen-bond acceptors (Lipinski definition) is 5. The van der Waals surface area contributed by atoms with Crippen LogP contribution < -0.4 is 21.7 Å². The van der Waals surface area contributed by atoms with Gasteiger partial charge in [-0.15, -0.1) is 12.4 Å². The Kier molecular flexibility index (Phi) is 7.89. The smallest absolute Gasteiger partial charge is 0.356 e. The van der Waals surface area contributed by atoms with Crippen LogP contribution in [0.5, 0.6) is 0 Å². The number of nitrogen functional groups attached to an aromatic ring is 1. The van der Waals surface area contributed by atoms with Crippen LogP contribution in [0.15, 0.2) is 54.9 Å². The molecule has 38 heavy (non-hydrogen) atoms. The Morgan fingerprint density at radius 2 is 1.79 bits per heavy atom. The lowest BCUT2D eigenvalue weighted by atomic mass is 9.81. The summed E-state index contributed by atoms with van der Waals surface area (Å²) in [6.07, 6.45) is 4.15. The van der Waals surface area contributed by atoms with Crippen LogP contribution in [0, 0.1) is 0 Å². The molecule has 204 valence electrons. The van der Waals surface area contributed by atoms with Crippen LogP contribution in [0.3, 0.4) is 0 Å². The van der Waals surface area contributed by atoms with Gasteiger partial charge in [0.1, 0.15) is 16.5 Å². The number of nitrogens with zero attached hydrogens (tertiary/aromatic N) is 1. The van der Waals surface area contributed by atoms with E-state index in [1.807, 2.05) is 0 Å². The van der Waals surface area contributed by atoms with Crippen LogP contribution in [0.25, 0.3) is 5.70 Å². The van der Waals surface area contributed by atoms with Gasteiger partial charge in [-0.3, -0.25) is 18.7 Å². The lowest BCUT2D eigenvalue weighted by Gasteiger charge is -2.42. The summed E-state index contributed by atoms with van der Waals surface area (Å²) in [5.74, 6) is -1.40. The Morgan fingerprint density at radius 1 is 1.11 bits per heavy atom. The second-order valence-electron chi connectivity index (χ2n) is 8.77. The highest BCUT2D eigenvalue weighted by atomic mass is 35.5. The molecule has 1 aromatic carbocycles. The number of fused-ring (bicyclic) bond motifs is 1. The maximum absolute atomic E-state index is 13.1. The highest BCUT2D eigenvalue weighted by Gasteiger charge is 2.54. The number of H-pyrrole nitrogens is 1. The fourth-order valence-electron chi connectivity index (χ4n) is 4.38. The van der Waals surface area contributed by atoms with Crippen molar-refractivity contribution in [2.75, 3.05) is 5.73 Å². The fraction of sp³-hybridized carbons (Fsp3) is 0.182. The molecule has 0 saturated heterocycles. The number of carbonyl (C=O) groups is 2.